The maximum absolute atomic E-state index is 5.61. The molecule has 0 aliphatic rings. The Labute approximate surface area is 92.5 Å². The van der Waals surface area contributed by atoms with Crippen LogP contribution >= 0.6 is 15.9 Å². The van der Waals surface area contributed by atoms with E-state index in [1.807, 2.05) is 31.2 Å². The number of nitrogens with zero attached hydrogens (tertiary/aromatic N) is 1. The molecule has 0 aliphatic carbocycles. The van der Waals surface area contributed by atoms with E-state index in [1.54, 1.807) is 0 Å². The molecule has 0 saturated carbocycles. The molecule has 0 amide bonds. The van der Waals surface area contributed by atoms with Crippen LogP contribution in [0.25, 0.3) is 0 Å². The summed E-state index contributed by atoms with van der Waals surface area (Å²) in [5.41, 5.74) is 6.74. The largest absolute Gasteiger partial charge is 0.370 e. The Bertz CT molecular complexity index is 323. The first-order valence-electron chi connectivity index (χ1n) is 4.51. The number of halogens is 1. The summed E-state index contributed by atoms with van der Waals surface area (Å²) in [6, 6.07) is 7.98. The van der Waals surface area contributed by atoms with E-state index in [0.29, 0.717) is 12.5 Å². The highest BCUT2D eigenvalue weighted by Crippen LogP contribution is 2.16. The van der Waals surface area contributed by atoms with Gasteiger partial charge in [-0.25, -0.2) is 4.99 Å². The molecule has 0 atom stereocenters. The Balaban J connectivity index is 2.61. The van der Waals surface area contributed by atoms with Gasteiger partial charge in [-0.1, -0.05) is 34.1 Å². The van der Waals surface area contributed by atoms with Crippen molar-refractivity contribution in [2.24, 2.45) is 10.7 Å². The first kappa shape index (κ1) is 11.0. The molecule has 3 N–H and O–H groups in total. The molecule has 4 heteroatoms. The van der Waals surface area contributed by atoms with E-state index in [1.165, 1.54) is 0 Å². The van der Waals surface area contributed by atoms with Crippen LogP contribution in [0.2, 0.25) is 0 Å². The van der Waals surface area contributed by atoms with Crippen molar-refractivity contribution in [1.82, 2.24) is 5.32 Å². The van der Waals surface area contributed by atoms with Gasteiger partial charge in [-0.3, -0.25) is 0 Å². The molecule has 0 saturated heterocycles. The quantitative estimate of drug-likeness (QED) is 0.640. The van der Waals surface area contributed by atoms with E-state index in [2.05, 4.69) is 26.2 Å². The van der Waals surface area contributed by atoms with Crippen LogP contribution in [0.15, 0.2) is 33.7 Å². The van der Waals surface area contributed by atoms with Crippen molar-refractivity contribution < 1.29 is 0 Å². The molecule has 1 aromatic rings. The summed E-state index contributed by atoms with van der Waals surface area (Å²) >= 11 is 3.45. The van der Waals surface area contributed by atoms with Crippen LogP contribution in [0.3, 0.4) is 0 Å². The molecule has 0 aromatic heterocycles. The molecule has 76 valence electrons. The summed E-state index contributed by atoms with van der Waals surface area (Å²) in [7, 11) is 0. The number of rotatable bonds is 3. The average molecular weight is 256 g/mol. The Morgan fingerprint density at radius 3 is 2.86 bits per heavy atom. The minimum atomic E-state index is 0.489. The summed E-state index contributed by atoms with van der Waals surface area (Å²) < 4.78 is 1.06. The van der Waals surface area contributed by atoms with E-state index >= 15 is 0 Å². The third-order valence-electron chi connectivity index (χ3n) is 1.74. The third kappa shape index (κ3) is 3.38. The zero-order valence-corrected chi connectivity index (χ0v) is 9.71. The molecule has 0 aliphatic heterocycles. The highest BCUT2D eigenvalue weighted by Gasteiger charge is 1.96. The minimum absolute atomic E-state index is 0.489. The number of aliphatic imine (C=N–C) groups is 1. The topological polar surface area (TPSA) is 50.4 Å². The predicted molar refractivity (Wildman–Crippen MR) is 63.1 cm³/mol. The van der Waals surface area contributed by atoms with Gasteiger partial charge in [0.25, 0.3) is 0 Å². The standard InChI is InChI=1S/C10H14BrN3/c1-2-13-10(12)14-7-8-5-3-4-6-9(8)11/h3-6H,2,7H2,1H3,(H3,12,13,14). The Morgan fingerprint density at radius 2 is 2.21 bits per heavy atom. The first-order valence-corrected chi connectivity index (χ1v) is 5.30. The van der Waals surface area contributed by atoms with Gasteiger partial charge < -0.3 is 11.1 Å². The molecule has 0 unspecified atom stereocenters. The summed E-state index contributed by atoms with van der Waals surface area (Å²) in [4.78, 5) is 4.20. The van der Waals surface area contributed by atoms with E-state index in [0.717, 1.165) is 16.6 Å². The summed E-state index contributed by atoms with van der Waals surface area (Å²) in [6.07, 6.45) is 0. The van der Waals surface area contributed by atoms with Crippen molar-refractivity contribution >= 4 is 21.9 Å². The SMILES string of the molecule is CCNC(N)=NCc1ccccc1Br. The molecule has 0 radical (unpaired) electrons. The smallest absolute Gasteiger partial charge is 0.188 e. The molecule has 1 aromatic carbocycles. The lowest BCUT2D eigenvalue weighted by Crippen LogP contribution is -2.31. The van der Waals surface area contributed by atoms with Crippen LogP contribution in [-0.2, 0) is 6.54 Å². The van der Waals surface area contributed by atoms with Gasteiger partial charge in [-0.05, 0) is 18.6 Å². The molecular weight excluding hydrogens is 242 g/mol. The van der Waals surface area contributed by atoms with E-state index < -0.39 is 0 Å². The predicted octanol–water partition coefficient (Wildman–Crippen LogP) is 1.87. The van der Waals surface area contributed by atoms with Gasteiger partial charge in [0.1, 0.15) is 0 Å². The molecule has 0 heterocycles. The zero-order valence-electron chi connectivity index (χ0n) is 8.13. The van der Waals surface area contributed by atoms with Crippen molar-refractivity contribution in [2.45, 2.75) is 13.5 Å². The highest BCUT2D eigenvalue weighted by atomic mass is 79.9. The normalized spacial score (nSPS) is 11.4. The second-order valence-corrected chi connectivity index (χ2v) is 3.68. The lowest BCUT2D eigenvalue weighted by atomic mass is 10.2. The van der Waals surface area contributed by atoms with Gasteiger partial charge in [-0.2, -0.15) is 0 Å². The number of hydrogen-bond donors (Lipinski definition) is 2. The summed E-state index contributed by atoms with van der Waals surface area (Å²) in [5.74, 6) is 0.489. The first-order chi connectivity index (χ1) is 6.74. The molecular formula is C10H14BrN3. The second kappa shape index (κ2) is 5.65. The lowest BCUT2D eigenvalue weighted by molar-refractivity contribution is 0.924. The van der Waals surface area contributed by atoms with Gasteiger partial charge in [0.05, 0.1) is 6.54 Å². The van der Waals surface area contributed by atoms with Gasteiger partial charge in [0, 0.05) is 11.0 Å². The maximum Gasteiger partial charge on any atom is 0.188 e. The summed E-state index contributed by atoms with van der Waals surface area (Å²) in [5, 5.41) is 2.95. The van der Waals surface area contributed by atoms with Crippen LogP contribution < -0.4 is 11.1 Å². The molecule has 1 rings (SSSR count). The van der Waals surface area contributed by atoms with Gasteiger partial charge >= 0.3 is 0 Å². The minimum Gasteiger partial charge on any atom is -0.370 e. The fraction of sp³-hybridized carbons (Fsp3) is 0.300. The monoisotopic (exact) mass is 255 g/mol. The number of nitrogens with two attached hydrogens (primary N) is 1. The van der Waals surface area contributed by atoms with E-state index in [4.69, 9.17) is 5.73 Å². The maximum atomic E-state index is 5.61. The molecule has 14 heavy (non-hydrogen) atoms. The van der Waals surface area contributed by atoms with Gasteiger partial charge in [-0.15, -0.1) is 0 Å². The van der Waals surface area contributed by atoms with Gasteiger partial charge in [0.15, 0.2) is 5.96 Å². The zero-order chi connectivity index (χ0) is 10.4. The number of nitrogens with one attached hydrogen (secondary N) is 1. The van der Waals surface area contributed by atoms with E-state index in [9.17, 15) is 0 Å². The average Bonchev–Trinajstić information content (AvgIpc) is 2.17. The molecule has 0 spiro atoms. The molecule has 3 nitrogen and oxygen atoms in total. The Kier molecular flexibility index (Phi) is 4.46. The summed E-state index contributed by atoms with van der Waals surface area (Å²) in [6.45, 7) is 3.38. The van der Waals surface area contributed by atoms with Crippen LogP contribution in [0.5, 0.6) is 0 Å². The van der Waals surface area contributed by atoms with Gasteiger partial charge in [0.2, 0.25) is 0 Å². The molecule has 0 fully saturated rings. The molecule has 0 bridgehead atoms. The van der Waals surface area contributed by atoms with Crippen LogP contribution in [-0.4, -0.2) is 12.5 Å². The number of hydrogen-bond acceptors (Lipinski definition) is 1. The lowest BCUT2D eigenvalue weighted by Gasteiger charge is -2.03. The van der Waals surface area contributed by atoms with E-state index in [-0.39, 0.29) is 0 Å². The number of benzene rings is 1. The van der Waals surface area contributed by atoms with Crippen LogP contribution in [0, 0.1) is 0 Å². The van der Waals surface area contributed by atoms with Crippen molar-refractivity contribution in [2.75, 3.05) is 6.54 Å². The van der Waals surface area contributed by atoms with Crippen molar-refractivity contribution in [1.29, 1.82) is 0 Å². The number of guanidine groups is 1. The third-order valence-corrected chi connectivity index (χ3v) is 2.51. The Morgan fingerprint density at radius 1 is 1.50 bits per heavy atom. The highest BCUT2D eigenvalue weighted by molar-refractivity contribution is 9.10. The van der Waals surface area contributed by atoms with Crippen molar-refractivity contribution in [3.8, 4) is 0 Å². The fourth-order valence-corrected chi connectivity index (χ4v) is 1.44. The van der Waals surface area contributed by atoms with Crippen molar-refractivity contribution in [3.63, 3.8) is 0 Å². The fourth-order valence-electron chi connectivity index (χ4n) is 1.03. The van der Waals surface area contributed by atoms with Crippen molar-refractivity contribution in [3.05, 3.63) is 34.3 Å². The Hall–Kier alpha value is -1.03. The second-order valence-electron chi connectivity index (χ2n) is 2.82. The van der Waals surface area contributed by atoms with Crippen LogP contribution in [0.4, 0.5) is 0 Å². The van der Waals surface area contributed by atoms with Crippen LogP contribution in [0.1, 0.15) is 12.5 Å².